The highest BCUT2D eigenvalue weighted by Crippen LogP contribution is 2.09. The van der Waals surface area contributed by atoms with Crippen LogP contribution in [-0.2, 0) is 6.42 Å². The SMILES string of the molecule is CN(C)CCCCCCCCc1ccccc1.Cl. The molecule has 0 saturated heterocycles. The fraction of sp³-hybridized carbons (Fsp3) is 0.625. The average molecular weight is 270 g/mol. The molecule has 0 aliphatic heterocycles. The molecular formula is C16H28ClN. The van der Waals surface area contributed by atoms with E-state index in [-0.39, 0.29) is 12.4 Å². The van der Waals surface area contributed by atoms with Crippen LogP contribution in [0.1, 0.15) is 44.1 Å². The Bertz CT molecular complexity index is 272. The molecule has 18 heavy (non-hydrogen) atoms. The molecule has 0 aliphatic carbocycles. The number of benzene rings is 1. The molecule has 1 rings (SSSR count). The fourth-order valence-corrected chi connectivity index (χ4v) is 2.11. The van der Waals surface area contributed by atoms with Crippen LogP contribution in [-0.4, -0.2) is 25.5 Å². The van der Waals surface area contributed by atoms with Crippen molar-refractivity contribution in [2.75, 3.05) is 20.6 Å². The normalized spacial score (nSPS) is 10.4. The first-order chi connectivity index (χ1) is 8.29. The lowest BCUT2D eigenvalue weighted by Crippen LogP contribution is -2.12. The summed E-state index contributed by atoms with van der Waals surface area (Å²) in [5, 5.41) is 0. The molecule has 0 radical (unpaired) electrons. The van der Waals surface area contributed by atoms with Crippen LogP contribution in [0.15, 0.2) is 30.3 Å². The minimum Gasteiger partial charge on any atom is -0.309 e. The summed E-state index contributed by atoms with van der Waals surface area (Å²) in [6.45, 7) is 1.24. The maximum absolute atomic E-state index is 2.27. The molecule has 0 atom stereocenters. The molecule has 0 amide bonds. The third-order valence-corrected chi connectivity index (χ3v) is 3.16. The fourth-order valence-electron chi connectivity index (χ4n) is 2.11. The number of unbranched alkanes of at least 4 members (excludes halogenated alkanes) is 5. The van der Waals surface area contributed by atoms with Crippen LogP contribution in [0.5, 0.6) is 0 Å². The summed E-state index contributed by atoms with van der Waals surface area (Å²) >= 11 is 0. The molecule has 2 heteroatoms. The van der Waals surface area contributed by atoms with E-state index in [2.05, 4.69) is 49.3 Å². The summed E-state index contributed by atoms with van der Waals surface area (Å²) in [6.07, 6.45) is 9.53. The lowest BCUT2D eigenvalue weighted by Gasteiger charge is -2.08. The summed E-state index contributed by atoms with van der Waals surface area (Å²) in [5.41, 5.74) is 1.49. The topological polar surface area (TPSA) is 3.24 Å². The molecule has 1 aromatic carbocycles. The summed E-state index contributed by atoms with van der Waals surface area (Å²) in [5.74, 6) is 0. The first-order valence-electron chi connectivity index (χ1n) is 6.97. The lowest BCUT2D eigenvalue weighted by atomic mass is 10.0. The second-order valence-corrected chi connectivity index (χ2v) is 5.16. The van der Waals surface area contributed by atoms with E-state index in [1.54, 1.807) is 0 Å². The molecular weight excluding hydrogens is 242 g/mol. The number of hydrogen-bond acceptors (Lipinski definition) is 1. The number of rotatable bonds is 9. The van der Waals surface area contributed by atoms with Crippen LogP contribution < -0.4 is 0 Å². The third kappa shape index (κ3) is 9.49. The van der Waals surface area contributed by atoms with E-state index in [1.807, 2.05) is 0 Å². The van der Waals surface area contributed by atoms with Crippen LogP contribution >= 0.6 is 12.4 Å². The number of nitrogens with zero attached hydrogens (tertiary/aromatic N) is 1. The maximum Gasteiger partial charge on any atom is -0.00248 e. The molecule has 104 valence electrons. The largest absolute Gasteiger partial charge is 0.309 e. The van der Waals surface area contributed by atoms with E-state index in [0.29, 0.717) is 0 Å². The maximum atomic E-state index is 2.27. The Kier molecular flexibility index (Phi) is 11.2. The summed E-state index contributed by atoms with van der Waals surface area (Å²) in [6, 6.07) is 10.8. The smallest absolute Gasteiger partial charge is 0.00248 e. The van der Waals surface area contributed by atoms with Gasteiger partial charge >= 0.3 is 0 Å². The second-order valence-electron chi connectivity index (χ2n) is 5.16. The van der Waals surface area contributed by atoms with Crippen molar-refractivity contribution >= 4 is 12.4 Å². The number of aryl methyl sites for hydroxylation is 1. The molecule has 0 heterocycles. The predicted molar refractivity (Wildman–Crippen MR) is 83.7 cm³/mol. The van der Waals surface area contributed by atoms with Gasteiger partial charge in [-0.25, -0.2) is 0 Å². The standard InChI is InChI=1S/C16H27N.ClH/c1-17(2)15-11-6-4-3-5-8-12-16-13-9-7-10-14-16;/h7,9-10,13-14H,3-6,8,11-12,15H2,1-2H3;1H. The van der Waals surface area contributed by atoms with E-state index >= 15 is 0 Å². The first kappa shape index (κ1) is 17.5. The Morgan fingerprint density at radius 2 is 1.33 bits per heavy atom. The van der Waals surface area contributed by atoms with Gasteiger partial charge in [-0.1, -0.05) is 56.0 Å². The first-order valence-corrected chi connectivity index (χ1v) is 6.97. The lowest BCUT2D eigenvalue weighted by molar-refractivity contribution is 0.389. The second kappa shape index (κ2) is 11.6. The Labute approximate surface area is 119 Å². The minimum absolute atomic E-state index is 0. The Balaban J connectivity index is 0.00000289. The molecule has 0 spiro atoms. The van der Waals surface area contributed by atoms with Crippen molar-refractivity contribution in [2.24, 2.45) is 0 Å². The van der Waals surface area contributed by atoms with Gasteiger partial charge in [-0.2, -0.15) is 0 Å². The van der Waals surface area contributed by atoms with Crippen LogP contribution in [0.4, 0.5) is 0 Å². The van der Waals surface area contributed by atoms with Gasteiger partial charge in [0.2, 0.25) is 0 Å². The molecule has 0 N–H and O–H groups in total. The van der Waals surface area contributed by atoms with Gasteiger partial charge in [0.15, 0.2) is 0 Å². The van der Waals surface area contributed by atoms with Crippen molar-refractivity contribution in [1.29, 1.82) is 0 Å². The summed E-state index contributed by atoms with van der Waals surface area (Å²) < 4.78 is 0. The van der Waals surface area contributed by atoms with Gasteiger partial charge in [0.05, 0.1) is 0 Å². The average Bonchev–Trinajstić information content (AvgIpc) is 2.33. The molecule has 1 aromatic rings. The zero-order valence-electron chi connectivity index (χ0n) is 11.9. The van der Waals surface area contributed by atoms with Crippen molar-refractivity contribution in [3.05, 3.63) is 35.9 Å². The van der Waals surface area contributed by atoms with Crippen molar-refractivity contribution in [3.63, 3.8) is 0 Å². The molecule has 0 bridgehead atoms. The highest BCUT2D eigenvalue weighted by atomic mass is 35.5. The van der Waals surface area contributed by atoms with Gasteiger partial charge in [0.1, 0.15) is 0 Å². The summed E-state index contributed by atoms with van der Waals surface area (Å²) in [7, 11) is 4.31. The Morgan fingerprint density at radius 3 is 1.94 bits per heavy atom. The van der Waals surface area contributed by atoms with Crippen LogP contribution in [0.2, 0.25) is 0 Å². The van der Waals surface area contributed by atoms with Crippen molar-refractivity contribution in [1.82, 2.24) is 4.90 Å². The monoisotopic (exact) mass is 269 g/mol. The Hall–Kier alpha value is -0.530. The van der Waals surface area contributed by atoms with E-state index < -0.39 is 0 Å². The molecule has 0 aromatic heterocycles. The molecule has 0 saturated carbocycles. The van der Waals surface area contributed by atoms with Gasteiger partial charge in [0.25, 0.3) is 0 Å². The van der Waals surface area contributed by atoms with E-state index in [0.717, 1.165) is 0 Å². The highest BCUT2D eigenvalue weighted by Gasteiger charge is 1.94. The van der Waals surface area contributed by atoms with Gasteiger partial charge < -0.3 is 4.90 Å². The minimum atomic E-state index is 0. The molecule has 0 unspecified atom stereocenters. The van der Waals surface area contributed by atoms with Crippen LogP contribution in [0.25, 0.3) is 0 Å². The van der Waals surface area contributed by atoms with Gasteiger partial charge in [-0.05, 0) is 45.5 Å². The number of halogens is 1. The van der Waals surface area contributed by atoms with E-state index in [4.69, 9.17) is 0 Å². The zero-order chi connectivity index (χ0) is 12.3. The zero-order valence-corrected chi connectivity index (χ0v) is 12.7. The summed E-state index contributed by atoms with van der Waals surface area (Å²) in [4.78, 5) is 2.27. The molecule has 1 nitrogen and oxygen atoms in total. The highest BCUT2D eigenvalue weighted by molar-refractivity contribution is 5.85. The predicted octanol–water partition coefficient (Wildman–Crippen LogP) is 4.55. The van der Waals surface area contributed by atoms with Crippen molar-refractivity contribution < 1.29 is 0 Å². The number of hydrogen-bond donors (Lipinski definition) is 0. The molecule has 0 fully saturated rings. The van der Waals surface area contributed by atoms with Crippen molar-refractivity contribution in [3.8, 4) is 0 Å². The Morgan fingerprint density at radius 1 is 0.778 bits per heavy atom. The van der Waals surface area contributed by atoms with Gasteiger partial charge in [0, 0.05) is 0 Å². The third-order valence-electron chi connectivity index (χ3n) is 3.16. The van der Waals surface area contributed by atoms with Crippen LogP contribution in [0.3, 0.4) is 0 Å². The quantitative estimate of drug-likeness (QED) is 0.595. The van der Waals surface area contributed by atoms with E-state index in [1.165, 1.54) is 57.1 Å². The van der Waals surface area contributed by atoms with E-state index in [9.17, 15) is 0 Å². The van der Waals surface area contributed by atoms with Crippen molar-refractivity contribution in [2.45, 2.75) is 44.9 Å². The van der Waals surface area contributed by atoms with Gasteiger partial charge in [-0.15, -0.1) is 12.4 Å². The van der Waals surface area contributed by atoms with Gasteiger partial charge in [-0.3, -0.25) is 0 Å². The van der Waals surface area contributed by atoms with Crippen LogP contribution in [0, 0.1) is 0 Å². The molecule has 0 aliphatic rings.